The molecule has 21 heavy (non-hydrogen) atoms. The number of hydrogen-bond acceptors (Lipinski definition) is 5. The molecule has 6 heteroatoms. The first-order valence-electron chi connectivity index (χ1n) is 6.09. The van der Waals surface area contributed by atoms with E-state index in [0.717, 1.165) is 0 Å². The van der Waals surface area contributed by atoms with Gasteiger partial charge in [-0.1, -0.05) is 0 Å². The molecule has 2 rings (SSSR count). The normalized spacial score (nSPS) is 10.2. The van der Waals surface area contributed by atoms with Crippen LogP contribution in [0.15, 0.2) is 34.8 Å². The first-order chi connectivity index (χ1) is 9.97. The molecule has 0 aliphatic carbocycles. The Balaban J connectivity index is 2.56. The predicted octanol–water partition coefficient (Wildman–Crippen LogP) is 2.86. The van der Waals surface area contributed by atoms with E-state index >= 15 is 0 Å². The van der Waals surface area contributed by atoms with E-state index in [1.165, 1.54) is 14.2 Å². The Morgan fingerprint density at radius 3 is 2.24 bits per heavy atom. The summed E-state index contributed by atoms with van der Waals surface area (Å²) in [5.74, 6) is 0.715. The van der Waals surface area contributed by atoms with Gasteiger partial charge in [-0.3, -0.25) is 4.79 Å². The van der Waals surface area contributed by atoms with E-state index in [0.29, 0.717) is 38.5 Å². The number of carbonyl (C=O) groups is 1. The minimum absolute atomic E-state index is 0.254. The molecular formula is C15H15BrN2O3. The minimum Gasteiger partial charge on any atom is -0.496 e. The van der Waals surface area contributed by atoms with Crippen molar-refractivity contribution in [2.45, 2.75) is 0 Å². The van der Waals surface area contributed by atoms with Crippen molar-refractivity contribution in [2.24, 2.45) is 0 Å². The summed E-state index contributed by atoms with van der Waals surface area (Å²) in [6, 6.07) is 8.07. The standard InChI is InChI=1S/C15H15BrN2O3/c1-20-13-7-11(16)14(21-2)6-10(13)15(19)9-4-3-8(17)5-12(9)18/h3-7H,17-18H2,1-2H3. The van der Waals surface area contributed by atoms with Crippen LogP contribution in [0.3, 0.4) is 0 Å². The van der Waals surface area contributed by atoms with Crippen molar-refractivity contribution in [2.75, 3.05) is 25.7 Å². The SMILES string of the molecule is COc1cc(C(=O)c2ccc(N)cc2N)c(OC)cc1Br. The second kappa shape index (κ2) is 6.05. The van der Waals surface area contributed by atoms with Gasteiger partial charge in [0.2, 0.25) is 0 Å². The van der Waals surface area contributed by atoms with Crippen LogP contribution in [-0.4, -0.2) is 20.0 Å². The van der Waals surface area contributed by atoms with Crippen LogP contribution in [-0.2, 0) is 0 Å². The van der Waals surface area contributed by atoms with Gasteiger partial charge < -0.3 is 20.9 Å². The van der Waals surface area contributed by atoms with Gasteiger partial charge in [-0.05, 0) is 46.3 Å². The largest absolute Gasteiger partial charge is 0.496 e. The van der Waals surface area contributed by atoms with Crippen molar-refractivity contribution >= 4 is 33.1 Å². The van der Waals surface area contributed by atoms with E-state index in [9.17, 15) is 4.79 Å². The van der Waals surface area contributed by atoms with Crippen LogP contribution in [0.1, 0.15) is 15.9 Å². The summed E-state index contributed by atoms with van der Waals surface area (Å²) in [6.07, 6.45) is 0. The summed E-state index contributed by atoms with van der Waals surface area (Å²) in [7, 11) is 3.02. The van der Waals surface area contributed by atoms with E-state index in [1.807, 2.05) is 0 Å². The van der Waals surface area contributed by atoms with Gasteiger partial charge in [0, 0.05) is 16.9 Å². The molecule has 0 aromatic heterocycles. The zero-order valence-electron chi connectivity index (χ0n) is 11.6. The average molecular weight is 351 g/mol. The second-order valence-corrected chi connectivity index (χ2v) is 5.22. The lowest BCUT2D eigenvalue weighted by molar-refractivity contribution is 0.103. The third kappa shape index (κ3) is 2.95. The fourth-order valence-corrected chi connectivity index (χ4v) is 2.46. The number of anilines is 2. The van der Waals surface area contributed by atoms with Crippen molar-refractivity contribution in [3.63, 3.8) is 0 Å². The molecule has 0 aliphatic rings. The average Bonchev–Trinajstić information content (AvgIpc) is 2.46. The van der Waals surface area contributed by atoms with Gasteiger partial charge in [0.25, 0.3) is 0 Å². The van der Waals surface area contributed by atoms with Gasteiger partial charge in [0.05, 0.1) is 24.3 Å². The number of ketones is 1. The van der Waals surface area contributed by atoms with Crippen molar-refractivity contribution < 1.29 is 14.3 Å². The third-order valence-electron chi connectivity index (χ3n) is 3.04. The zero-order valence-corrected chi connectivity index (χ0v) is 13.2. The summed E-state index contributed by atoms with van der Waals surface area (Å²) >= 11 is 3.35. The smallest absolute Gasteiger partial charge is 0.198 e. The van der Waals surface area contributed by atoms with Crippen molar-refractivity contribution in [1.82, 2.24) is 0 Å². The Morgan fingerprint density at radius 1 is 1.00 bits per heavy atom. The number of hydrogen-bond donors (Lipinski definition) is 2. The van der Waals surface area contributed by atoms with Gasteiger partial charge in [0.15, 0.2) is 5.78 Å². The number of nitrogens with two attached hydrogens (primary N) is 2. The predicted molar refractivity (Wildman–Crippen MR) is 85.9 cm³/mol. The lowest BCUT2D eigenvalue weighted by atomic mass is 10.00. The van der Waals surface area contributed by atoms with Crippen LogP contribution < -0.4 is 20.9 Å². The number of methoxy groups -OCH3 is 2. The second-order valence-electron chi connectivity index (χ2n) is 4.36. The highest BCUT2D eigenvalue weighted by Gasteiger charge is 2.19. The first kappa shape index (κ1) is 15.2. The maximum Gasteiger partial charge on any atom is 0.198 e. The Labute approximate surface area is 131 Å². The summed E-state index contributed by atoms with van der Waals surface area (Å²) < 4.78 is 11.2. The highest BCUT2D eigenvalue weighted by Crippen LogP contribution is 2.34. The minimum atomic E-state index is -0.254. The zero-order chi connectivity index (χ0) is 15.6. The number of carbonyl (C=O) groups excluding carboxylic acids is 1. The molecule has 2 aromatic rings. The molecule has 0 aliphatic heterocycles. The molecule has 110 valence electrons. The molecule has 0 fully saturated rings. The van der Waals surface area contributed by atoms with Crippen LogP contribution in [0.5, 0.6) is 11.5 Å². The fourth-order valence-electron chi connectivity index (χ4n) is 1.97. The summed E-state index contributed by atoms with van der Waals surface area (Å²) in [5.41, 5.74) is 13.1. The summed E-state index contributed by atoms with van der Waals surface area (Å²) in [4.78, 5) is 12.7. The van der Waals surface area contributed by atoms with Gasteiger partial charge in [-0.25, -0.2) is 0 Å². The van der Waals surface area contributed by atoms with E-state index in [2.05, 4.69) is 15.9 Å². The molecule has 0 heterocycles. The van der Waals surface area contributed by atoms with E-state index in [4.69, 9.17) is 20.9 Å². The quantitative estimate of drug-likeness (QED) is 0.653. The van der Waals surface area contributed by atoms with Crippen LogP contribution >= 0.6 is 15.9 Å². The number of nitrogen functional groups attached to an aromatic ring is 2. The fraction of sp³-hybridized carbons (Fsp3) is 0.133. The molecule has 0 radical (unpaired) electrons. The van der Waals surface area contributed by atoms with Gasteiger partial charge >= 0.3 is 0 Å². The Hall–Kier alpha value is -2.21. The highest BCUT2D eigenvalue weighted by molar-refractivity contribution is 9.10. The lowest BCUT2D eigenvalue weighted by Crippen LogP contribution is -2.08. The number of ether oxygens (including phenoxy) is 2. The molecule has 0 saturated carbocycles. The molecule has 5 nitrogen and oxygen atoms in total. The Bertz CT molecular complexity index is 702. The Kier molecular flexibility index (Phi) is 4.37. The number of halogens is 1. The molecule has 0 saturated heterocycles. The topological polar surface area (TPSA) is 87.6 Å². The third-order valence-corrected chi connectivity index (χ3v) is 3.66. The first-order valence-corrected chi connectivity index (χ1v) is 6.88. The monoisotopic (exact) mass is 350 g/mol. The molecule has 0 unspecified atom stereocenters. The van der Waals surface area contributed by atoms with Crippen molar-refractivity contribution in [3.8, 4) is 11.5 Å². The highest BCUT2D eigenvalue weighted by atomic mass is 79.9. The molecule has 0 atom stereocenters. The van der Waals surface area contributed by atoms with Crippen molar-refractivity contribution in [1.29, 1.82) is 0 Å². The van der Waals surface area contributed by atoms with Crippen LogP contribution in [0.25, 0.3) is 0 Å². The van der Waals surface area contributed by atoms with Crippen LogP contribution in [0.2, 0.25) is 0 Å². The van der Waals surface area contributed by atoms with Crippen molar-refractivity contribution in [3.05, 3.63) is 45.9 Å². The molecule has 0 amide bonds. The Morgan fingerprint density at radius 2 is 1.67 bits per heavy atom. The van der Waals surface area contributed by atoms with E-state index < -0.39 is 0 Å². The van der Waals surface area contributed by atoms with Crippen LogP contribution in [0.4, 0.5) is 11.4 Å². The van der Waals surface area contributed by atoms with E-state index in [-0.39, 0.29) is 5.78 Å². The van der Waals surface area contributed by atoms with Crippen LogP contribution in [0, 0.1) is 0 Å². The summed E-state index contributed by atoms with van der Waals surface area (Å²) in [5, 5.41) is 0. The lowest BCUT2D eigenvalue weighted by Gasteiger charge is -2.12. The van der Waals surface area contributed by atoms with Gasteiger partial charge in [0.1, 0.15) is 11.5 Å². The molecule has 2 aromatic carbocycles. The molecule has 0 spiro atoms. The maximum absolute atomic E-state index is 12.7. The molecular weight excluding hydrogens is 336 g/mol. The van der Waals surface area contributed by atoms with Gasteiger partial charge in [-0.2, -0.15) is 0 Å². The number of rotatable bonds is 4. The van der Waals surface area contributed by atoms with E-state index in [1.54, 1.807) is 30.3 Å². The summed E-state index contributed by atoms with van der Waals surface area (Å²) in [6.45, 7) is 0. The maximum atomic E-state index is 12.7. The molecule has 4 N–H and O–H groups in total. The molecule has 0 bridgehead atoms. The van der Waals surface area contributed by atoms with Gasteiger partial charge in [-0.15, -0.1) is 0 Å². The number of benzene rings is 2.